The number of imidazole rings is 1. The molecule has 0 aliphatic carbocycles. The zero-order valence-electron chi connectivity index (χ0n) is 14.5. The molecule has 0 spiro atoms. The Balaban J connectivity index is 1.53. The second-order valence-corrected chi connectivity index (χ2v) is 7.86. The highest BCUT2D eigenvalue weighted by atomic mass is 32.2. The van der Waals surface area contributed by atoms with E-state index >= 15 is 0 Å². The summed E-state index contributed by atoms with van der Waals surface area (Å²) in [6.45, 7) is 5.02. The molecule has 0 radical (unpaired) electrons. The minimum atomic E-state index is -0.808. The molecule has 1 aliphatic heterocycles. The van der Waals surface area contributed by atoms with E-state index in [4.69, 9.17) is 0 Å². The summed E-state index contributed by atoms with van der Waals surface area (Å²) in [5, 5.41) is 9.22. The van der Waals surface area contributed by atoms with Crippen molar-refractivity contribution in [2.24, 2.45) is 11.8 Å². The van der Waals surface area contributed by atoms with Gasteiger partial charge < -0.3 is 14.4 Å². The first kappa shape index (κ1) is 17.8. The van der Waals surface area contributed by atoms with E-state index in [9.17, 15) is 14.7 Å². The number of hydrogen-bond acceptors (Lipinski definition) is 4. The second-order valence-electron chi connectivity index (χ2n) is 6.87. The summed E-state index contributed by atoms with van der Waals surface area (Å²) in [4.78, 5) is 29.9. The van der Waals surface area contributed by atoms with E-state index in [2.05, 4.69) is 4.98 Å². The first-order valence-electron chi connectivity index (χ1n) is 8.45. The van der Waals surface area contributed by atoms with Crippen LogP contribution in [0.3, 0.4) is 0 Å². The predicted octanol–water partition coefficient (Wildman–Crippen LogP) is 2.45. The van der Waals surface area contributed by atoms with Gasteiger partial charge in [-0.05, 0) is 30.9 Å². The number of carboxylic acids is 1. The highest BCUT2D eigenvalue weighted by Gasteiger charge is 2.31. The molecule has 134 valence electrons. The van der Waals surface area contributed by atoms with E-state index in [1.54, 1.807) is 4.90 Å². The number of nitrogens with zero attached hydrogens (tertiary/aromatic N) is 3. The van der Waals surface area contributed by atoms with Crippen molar-refractivity contribution in [3.05, 3.63) is 35.8 Å². The highest BCUT2D eigenvalue weighted by molar-refractivity contribution is 7.99. The van der Waals surface area contributed by atoms with Gasteiger partial charge in [0.2, 0.25) is 5.91 Å². The highest BCUT2D eigenvalue weighted by Crippen LogP contribution is 2.23. The van der Waals surface area contributed by atoms with Crippen molar-refractivity contribution in [2.45, 2.75) is 26.0 Å². The summed E-state index contributed by atoms with van der Waals surface area (Å²) in [5.41, 5.74) is 3.02. The normalized spacial score (nSPS) is 20.8. The van der Waals surface area contributed by atoms with Crippen LogP contribution in [0.5, 0.6) is 0 Å². The number of likely N-dealkylation sites (tertiary alicyclic amines) is 1. The molecule has 3 heterocycles. The number of rotatable bonds is 5. The Labute approximate surface area is 151 Å². The summed E-state index contributed by atoms with van der Waals surface area (Å²) in [6, 6.07) is 4.01. The van der Waals surface area contributed by atoms with Gasteiger partial charge in [0.05, 0.1) is 17.4 Å². The van der Waals surface area contributed by atoms with Crippen LogP contribution >= 0.6 is 11.8 Å². The molecule has 2 unspecified atom stereocenters. The summed E-state index contributed by atoms with van der Waals surface area (Å²) >= 11 is 1.52. The molecule has 25 heavy (non-hydrogen) atoms. The Hall–Kier alpha value is -2.02. The van der Waals surface area contributed by atoms with Crippen LogP contribution in [0.25, 0.3) is 5.65 Å². The van der Waals surface area contributed by atoms with Crippen molar-refractivity contribution in [3.8, 4) is 0 Å². The zero-order valence-corrected chi connectivity index (χ0v) is 15.3. The first-order valence-corrected chi connectivity index (χ1v) is 9.60. The Morgan fingerprint density at radius 3 is 2.88 bits per heavy atom. The van der Waals surface area contributed by atoms with Gasteiger partial charge >= 0.3 is 5.97 Å². The van der Waals surface area contributed by atoms with E-state index in [0.29, 0.717) is 31.0 Å². The lowest BCUT2D eigenvalue weighted by atomic mass is 9.90. The summed E-state index contributed by atoms with van der Waals surface area (Å²) in [6.07, 6.45) is 4.67. The summed E-state index contributed by atoms with van der Waals surface area (Å²) in [7, 11) is 0. The Morgan fingerprint density at radius 2 is 2.12 bits per heavy atom. The van der Waals surface area contributed by atoms with Gasteiger partial charge in [-0.3, -0.25) is 9.59 Å². The summed E-state index contributed by atoms with van der Waals surface area (Å²) < 4.78 is 2.00. The van der Waals surface area contributed by atoms with Gasteiger partial charge in [0.25, 0.3) is 0 Å². The van der Waals surface area contributed by atoms with Crippen LogP contribution < -0.4 is 0 Å². The molecule has 1 saturated heterocycles. The van der Waals surface area contributed by atoms with Crippen molar-refractivity contribution in [3.63, 3.8) is 0 Å². The number of aryl methyl sites for hydroxylation is 1. The first-order chi connectivity index (χ1) is 11.9. The molecule has 0 bridgehead atoms. The summed E-state index contributed by atoms with van der Waals surface area (Å²) in [5.74, 6) is 0.00809. The maximum atomic E-state index is 12.4. The largest absolute Gasteiger partial charge is 0.481 e. The quantitative estimate of drug-likeness (QED) is 0.885. The molecule has 1 N–H and O–H groups in total. The third-order valence-electron chi connectivity index (χ3n) is 4.49. The molecular formula is C18H23N3O3S. The molecule has 3 rings (SSSR count). The van der Waals surface area contributed by atoms with Crippen LogP contribution in [0, 0.1) is 18.8 Å². The molecule has 2 atom stereocenters. The van der Waals surface area contributed by atoms with Crippen LogP contribution in [0.1, 0.15) is 24.6 Å². The Bertz CT molecular complexity index is 789. The van der Waals surface area contributed by atoms with Crippen molar-refractivity contribution in [1.29, 1.82) is 0 Å². The predicted molar refractivity (Wildman–Crippen MR) is 97.6 cm³/mol. The van der Waals surface area contributed by atoms with Gasteiger partial charge in [0.1, 0.15) is 5.65 Å². The van der Waals surface area contributed by atoms with Crippen molar-refractivity contribution in [1.82, 2.24) is 14.3 Å². The fourth-order valence-corrected chi connectivity index (χ4v) is 4.10. The smallest absolute Gasteiger partial charge is 0.308 e. The number of hydrogen-bond donors (Lipinski definition) is 1. The number of thioether (sulfide) groups is 1. The number of pyridine rings is 1. The minimum absolute atomic E-state index is 0.0161. The second kappa shape index (κ2) is 7.47. The van der Waals surface area contributed by atoms with Gasteiger partial charge in [-0.1, -0.05) is 13.0 Å². The fraction of sp³-hybridized carbons (Fsp3) is 0.500. The monoisotopic (exact) mass is 361 g/mol. The minimum Gasteiger partial charge on any atom is -0.481 e. The topological polar surface area (TPSA) is 74.9 Å². The van der Waals surface area contributed by atoms with Crippen LogP contribution in [0.2, 0.25) is 0 Å². The van der Waals surface area contributed by atoms with Crippen LogP contribution in [-0.4, -0.2) is 50.1 Å². The van der Waals surface area contributed by atoms with E-state index in [-0.39, 0.29) is 11.8 Å². The molecule has 2 aromatic heterocycles. The van der Waals surface area contributed by atoms with Gasteiger partial charge in [-0.2, -0.15) is 0 Å². The number of carbonyl (C=O) groups excluding carboxylic acids is 1. The van der Waals surface area contributed by atoms with Crippen molar-refractivity contribution in [2.75, 3.05) is 18.8 Å². The van der Waals surface area contributed by atoms with Gasteiger partial charge in [0, 0.05) is 31.2 Å². The molecule has 6 nitrogen and oxygen atoms in total. The van der Waals surface area contributed by atoms with Crippen LogP contribution in [0.15, 0.2) is 24.5 Å². The molecular weight excluding hydrogens is 338 g/mol. The molecule has 1 aliphatic rings. The molecule has 1 amide bonds. The molecule has 0 saturated carbocycles. The Morgan fingerprint density at radius 1 is 1.32 bits per heavy atom. The number of amides is 1. The number of aromatic nitrogens is 2. The zero-order chi connectivity index (χ0) is 18.0. The Kier molecular flexibility index (Phi) is 5.32. The van der Waals surface area contributed by atoms with Crippen LogP contribution in [0.4, 0.5) is 0 Å². The lowest BCUT2D eigenvalue weighted by Gasteiger charge is -2.34. The maximum Gasteiger partial charge on any atom is 0.308 e. The van der Waals surface area contributed by atoms with E-state index < -0.39 is 11.9 Å². The number of aliphatic carboxylic acids is 1. The third kappa shape index (κ3) is 4.34. The number of carboxylic acid groups (broad SMARTS) is 1. The fourth-order valence-electron chi connectivity index (χ4n) is 3.29. The standard InChI is InChI=1S/C18H23N3O3S/c1-12-3-4-16-19-15(9-20(16)6-12)10-25-11-17(22)21-7-13(2)5-14(8-21)18(23)24/h3-4,6,9,13-14H,5,7-8,10-11H2,1-2H3,(H,23,24). The van der Waals surface area contributed by atoms with Crippen LogP contribution in [-0.2, 0) is 15.3 Å². The number of piperidine rings is 1. The lowest BCUT2D eigenvalue weighted by Crippen LogP contribution is -2.46. The SMILES string of the molecule is Cc1ccc2nc(CSCC(=O)N3CC(C)CC(C(=O)O)C3)cn2c1. The van der Waals surface area contributed by atoms with E-state index in [0.717, 1.165) is 11.3 Å². The van der Waals surface area contributed by atoms with Gasteiger partial charge in [-0.15, -0.1) is 11.8 Å². The van der Waals surface area contributed by atoms with Gasteiger partial charge in [-0.25, -0.2) is 4.98 Å². The lowest BCUT2D eigenvalue weighted by molar-refractivity contribution is -0.146. The van der Waals surface area contributed by atoms with Gasteiger partial charge in [0.15, 0.2) is 0 Å². The maximum absolute atomic E-state index is 12.4. The van der Waals surface area contributed by atoms with Crippen molar-refractivity contribution < 1.29 is 14.7 Å². The third-order valence-corrected chi connectivity index (χ3v) is 5.44. The average Bonchev–Trinajstić information content (AvgIpc) is 2.95. The molecule has 2 aromatic rings. The average molecular weight is 361 g/mol. The number of carbonyl (C=O) groups is 2. The molecule has 1 fully saturated rings. The number of fused-ring (bicyclic) bond motifs is 1. The molecule has 7 heteroatoms. The van der Waals surface area contributed by atoms with E-state index in [1.807, 2.05) is 42.8 Å². The van der Waals surface area contributed by atoms with Crippen molar-refractivity contribution >= 4 is 29.3 Å². The van der Waals surface area contributed by atoms with E-state index in [1.165, 1.54) is 17.3 Å². The molecule has 0 aromatic carbocycles.